The molecule has 0 bridgehead atoms. The number of nitrogens with one attached hydrogen (secondary N) is 1. The van der Waals surface area contributed by atoms with Gasteiger partial charge in [-0.3, -0.25) is 4.79 Å². The van der Waals surface area contributed by atoms with Crippen molar-refractivity contribution in [2.45, 2.75) is 6.92 Å². The summed E-state index contributed by atoms with van der Waals surface area (Å²) in [5.41, 5.74) is 0. The third kappa shape index (κ3) is 3.21. The van der Waals surface area contributed by atoms with Gasteiger partial charge in [-0.25, -0.2) is 0 Å². The van der Waals surface area contributed by atoms with Gasteiger partial charge in [0.15, 0.2) is 0 Å². The molecule has 3 nitrogen and oxygen atoms in total. The molecule has 0 heterocycles. The first kappa shape index (κ1) is 7.01. The van der Waals surface area contributed by atoms with Crippen molar-refractivity contribution in [1.29, 1.82) is 0 Å². The number of carbonyl (C=O) groups excluding carboxylic acids is 1. The Labute approximate surface area is 48.0 Å². The predicted molar refractivity (Wildman–Crippen MR) is 30.5 cm³/mol. The summed E-state index contributed by atoms with van der Waals surface area (Å²) < 4.78 is 0. The molecule has 1 amide bonds. The highest BCUT2D eigenvalue weighted by Crippen LogP contribution is 1.80. The minimum atomic E-state index is -0.287. The number of rotatable bonds is 1. The van der Waals surface area contributed by atoms with Crippen LogP contribution in [0.25, 0.3) is 0 Å². The van der Waals surface area contributed by atoms with Crippen molar-refractivity contribution < 1.29 is 9.90 Å². The van der Waals surface area contributed by atoms with Gasteiger partial charge >= 0.3 is 0 Å². The molecule has 0 unspecified atom stereocenters. The molecule has 0 rings (SSSR count). The molecular formula is C5H9NO2. The van der Waals surface area contributed by atoms with Crippen molar-refractivity contribution in [2.24, 2.45) is 0 Å². The summed E-state index contributed by atoms with van der Waals surface area (Å²) in [6, 6.07) is 0. The zero-order chi connectivity index (χ0) is 6.57. The number of likely N-dealkylation sites (N-methyl/N-ethyl adjacent to an activating group) is 1. The van der Waals surface area contributed by atoms with Crippen molar-refractivity contribution in [2.75, 3.05) is 7.05 Å². The van der Waals surface area contributed by atoms with Gasteiger partial charge in [0.2, 0.25) is 5.91 Å². The van der Waals surface area contributed by atoms with Crippen LogP contribution in [0, 0.1) is 0 Å². The van der Waals surface area contributed by atoms with E-state index in [1.807, 2.05) is 0 Å². The normalized spacial score (nSPS) is 11.0. The number of amides is 1. The number of hydrogen-bond acceptors (Lipinski definition) is 2. The van der Waals surface area contributed by atoms with Crippen molar-refractivity contribution >= 4 is 5.91 Å². The zero-order valence-corrected chi connectivity index (χ0v) is 4.93. The van der Waals surface area contributed by atoms with Crippen LogP contribution in [0.3, 0.4) is 0 Å². The maximum atomic E-state index is 10.3. The van der Waals surface area contributed by atoms with Gasteiger partial charge in [0.25, 0.3) is 0 Å². The number of aliphatic hydroxyl groups is 1. The molecule has 0 aromatic rings. The summed E-state index contributed by atoms with van der Waals surface area (Å²) in [5.74, 6) is -0.269. The van der Waals surface area contributed by atoms with E-state index in [2.05, 4.69) is 5.32 Å². The highest BCUT2D eigenvalue weighted by molar-refractivity contribution is 5.87. The smallest absolute Gasteiger partial charge is 0.247 e. The molecule has 0 aromatic heterocycles. The molecule has 46 valence electrons. The Hall–Kier alpha value is -0.990. The van der Waals surface area contributed by atoms with Crippen LogP contribution >= 0.6 is 0 Å². The third-order valence-corrected chi connectivity index (χ3v) is 0.586. The van der Waals surface area contributed by atoms with Crippen LogP contribution in [0.15, 0.2) is 11.8 Å². The first-order valence-electron chi connectivity index (χ1n) is 2.26. The molecule has 0 aliphatic carbocycles. The molecule has 2 N–H and O–H groups in total. The monoisotopic (exact) mass is 115 g/mol. The van der Waals surface area contributed by atoms with E-state index in [1.54, 1.807) is 0 Å². The lowest BCUT2D eigenvalue weighted by Gasteiger charge is -1.88. The Balaban J connectivity index is 3.70. The van der Waals surface area contributed by atoms with E-state index in [4.69, 9.17) is 5.11 Å². The van der Waals surface area contributed by atoms with Gasteiger partial charge in [-0.2, -0.15) is 0 Å². The van der Waals surface area contributed by atoms with E-state index in [0.29, 0.717) is 0 Å². The zero-order valence-electron chi connectivity index (χ0n) is 4.93. The van der Waals surface area contributed by atoms with Crippen LogP contribution in [0.4, 0.5) is 0 Å². The lowest BCUT2D eigenvalue weighted by Crippen LogP contribution is -2.14. The fraction of sp³-hybridized carbons (Fsp3) is 0.400. The first-order chi connectivity index (χ1) is 3.66. The first-order valence-corrected chi connectivity index (χ1v) is 2.26. The molecule has 0 fully saturated rings. The molecule has 0 aliphatic heterocycles. The average Bonchev–Trinajstić information content (AvgIpc) is 1.65. The van der Waals surface area contributed by atoms with E-state index in [1.165, 1.54) is 14.0 Å². The lowest BCUT2D eigenvalue weighted by atomic mass is 10.5. The Morgan fingerprint density at radius 3 is 2.38 bits per heavy atom. The summed E-state index contributed by atoms with van der Waals surface area (Å²) >= 11 is 0. The maximum Gasteiger partial charge on any atom is 0.247 e. The van der Waals surface area contributed by atoms with Crippen LogP contribution in [0.2, 0.25) is 0 Å². The number of carbonyl (C=O) groups is 1. The van der Waals surface area contributed by atoms with Crippen LogP contribution in [0.5, 0.6) is 0 Å². The highest BCUT2D eigenvalue weighted by atomic mass is 16.3. The van der Waals surface area contributed by atoms with E-state index in [0.717, 1.165) is 6.08 Å². The van der Waals surface area contributed by atoms with E-state index < -0.39 is 0 Å². The molecule has 0 aromatic carbocycles. The Kier molecular flexibility index (Phi) is 2.69. The minimum Gasteiger partial charge on any atom is -0.512 e. The van der Waals surface area contributed by atoms with E-state index in [9.17, 15) is 4.79 Å². The minimum absolute atomic E-state index is 0.0179. The van der Waals surface area contributed by atoms with Crippen molar-refractivity contribution in [3.05, 3.63) is 11.8 Å². The summed E-state index contributed by atoms with van der Waals surface area (Å²) in [6.45, 7) is 1.44. The molecule has 8 heavy (non-hydrogen) atoms. The second-order valence-electron chi connectivity index (χ2n) is 1.40. The summed E-state index contributed by atoms with van der Waals surface area (Å²) in [7, 11) is 1.50. The summed E-state index contributed by atoms with van der Waals surface area (Å²) in [4.78, 5) is 10.3. The quantitative estimate of drug-likeness (QED) is 0.378. The van der Waals surface area contributed by atoms with Gasteiger partial charge in [-0.15, -0.1) is 0 Å². The van der Waals surface area contributed by atoms with Crippen LogP contribution in [-0.2, 0) is 4.79 Å². The molecule has 0 spiro atoms. The van der Waals surface area contributed by atoms with Gasteiger partial charge in [0, 0.05) is 13.1 Å². The molecule has 3 heteroatoms. The summed E-state index contributed by atoms with van der Waals surface area (Å²) in [6.07, 6.45) is 1.11. The molecule has 0 saturated heterocycles. The van der Waals surface area contributed by atoms with Gasteiger partial charge in [0.05, 0.1) is 5.76 Å². The number of allylic oxidation sites excluding steroid dienone is 1. The summed E-state index contributed by atoms with van der Waals surface area (Å²) in [5, 5.41) is 10.8. The number of hydrogen-bond donors (Lipinski definition) is 2. The molecular weight excluding hydrogens is 106 g/mol. The average molecular weight is 115 g/mol. The lowest BCUT2D eigenvalue weighted by molar-refractivity contribution is -0.116. The highest BCUT2D eigenvalue weighted by Gasteiger charge is 1.88. The fourth-order valence-corrected chi connectivity index (χ4v) is 0.262. The van der Waals surface area contributed by atoms with Crippen molar-refractivity contribution in [3.8, 4) is 0 Å². The Morgan fingerprint density at radius 1 is 1.75 bits per heavy atom. The number of aliphatic hydroxyl groups excluding tert-OH is 1. The van der Waals surface area contributed by atoms with Gasteiger partial charge in [-0.1, -0.05) is 0 Å². The molecule has 0 aliphatic rings. The van der Waals surface area contributed by atoms with Gasteiger partial charge < -0.3 is 10.4 Å². The largest absolute Gasteiger partial charge is 0.512 e. The van der Waals surface area contributed by atoms with Crippen molar-refractivity contribution in [3.63, 3.8) is 0 Å². The van der Waals surface area contributed by atoms with Gasteiger partial charge in [-0.05, 0) is 6.92 Å². The van der Waals surface area contributed by atoms with E-state index >= 15 is 0 Å². The van der Waals surface area contributed by atoms with Gasteiger partial charge in [0.1, 0.15) is 0 Å². The third-order valence-electron chi connectivity index (χ3n) is 0.586. The fourth-order valence-electron chi connectivity index (χ4n) is 0.262. The van der Waals surface area contributed by atoms with Crippen LogP contribution in [0.1, 0.15) is 6.92 Å². The topological polar surface area (TPSA) is 49.3 Å². The Morgan fingerprint density at radius 2 is 2.25 bits per heavy atom. The van der Waals surface area contributed by atoms with Crippen LogP contribution in [-0.4, -0.2) is 18.1 Å². The standard InChI is InChI=1S/C5H9NO2/c1-4(7)3-5(8)6-2/h3,7H,1-2H3,(H,6,8)/b4-3+. The molecule has 0 saturated carbocycles. The molecule has 0 atom stereocenters. The van der Waals surface area contributed by atoms with Crippen molar-refractivity contribution in [1.82, 2.24) is 5.32 Å². The second kappa shape index (κ2) is 3.07. The molecule has 0 radical (unpaired) electrons. The maximum absolute atomic E-state index is 10.3. The van der Waals surface area contributed by atoms with Crippen LogP contribution < -0.4 is 5.32 Å². The SMILES string of the molecule is CNC(=O)/C=C(\C)O. The van der Waals surface area contributed by atoms with E-state index in [-0.39, 0.29) is 11.7 Å². The second-order valence-corrected chi connectivity index (χ2v) is 1.40. The predicted octanol–water partition coefficient (Wildman–Crippen LogP) is 0.194. The Bertz CT molecular complexity index is 114.